The van der Waals surface area contributed by atoms with Gasteiger partial charge in [0.15, 0.2) is 0 Å². The molecule has 0 unspecified atom stereocenters. The number of carbonyl (C=O) groups excluding carboxylic acids is 2. The molecule has 0 saturated carbocycles. The average Bonchev–Trinajstić information content (AvgIpc) is 3.13. The maximum Gasteiger partial charge on any atom is 0.275 e. The summed E-state index contributed by atoms with van der Waals surface area (Å²) in [6.07, 6.45) is 0.308. The lowest BCUT2D eigenvalue weighted by atomic mass is 10.1. The maximum atomic E-state index is 12.4. The summed E-state index contributed by atoms with van der Waals surface area (Å²) in [6.45, 7) is 3.85. The van der Waals surface area contributed by atoms with Gasteiger partial charge in [-0.05, 0) is 43.7 Å². The zero-order valence-corrected chi connectivity index (χ0v) is 17.1. The van der Waals surface area contributed by atoms with Gasteiger partial charge in [0.05, 0.1) is 6.42 Å². The van der Waals surface area contributed by atoms with Crippen molar-refractivity contribution in [3.8, 4) is 10.6 Å². The van der Waals surface area contributed by atoms with Gasteiger partial charge in [0.2, 0.25) is 5.91 Å². The minimum absolute atomic E-state index is 0.0241. The quantitative estimate of drug-likeness (QED) is 0.610. The number of rotatable bonds is 6. The zero-order valence-electron chi connectivity index (χ0n) is 15.5. The van der Waals surface area contributed by atoms with E-state index in [2.05, 4.69) is 15.6 Å². The molecule has 0 bridgehead atoms. The fourth-order valence-corrected chi connectivity index (χ4v) is 3.49. The summed E-state index contributed by atoms with van der Waals surface area (Å²) in [5.41, 5.74) is 2.81. The van der Waals surface area contributed by atoms with Crippen molar-refractivity contribution in [3.05, 3.63) is 70.2 Å². The van der Waals surface area contributed by atoms with Gasteiger partial charge in [-0.1, -0.05) is 35.9 Å². The van der Waals surface area contributed by atoms with Gasteiger partial charge in [-0.25, -0.2) is 4.98 Å². The second-order valence-corrected chi connectivity index (χ2v) is 7.89. The Hall–Kier alpha value is -2.70. The molecule has 2 aromatic carbocycles. The first-order valence-electron chi connectivity index (χ1n) is 8.82. The van der Waals surface area contributed by atoms with Gasteiger partial charge in [0.25, 0.3) is 5.91 Å². The molecule has 0 radical (unpaired) electrons. The van der Waals surface area contributed by atoms with Crippen LogP contribution in [0.25, 0.3) is 10.6 Å². The third-order valence-corrected chi connectivity index (χ3v) is 5.00. The van der Waals surface area contributed by atoms with Crippen LogP contribution in [0.15, 0.2) is 53.9 Å². The first-order chi connectivity index (χ1) is 13.4. The Kier molecular flexibility index (Phi) is 6.44. The van der Waals surface area contributed by atoms with Crippen LogP contribution in [0, 0.1) is 0 Å². The van der Waals surface area contributed by atoms with Crippen molar-refractivity contribution in [2.45, 2.75) is 26.3 Å². The predicted octanol–water partition coefficient (Wildman–Crippen LogP) is 4.78. The molecular weight excluding hydrogens is 394 g/mol. The predicted molar refractivity (Wildman–Crippen MR) is 114 cm³/mol. The van der Waals surface area contributed by atoms with Gasteiger partial charge in [0, 0.05) is 27.7 Å². The molecular formula is C21H20ClN3O2S. The van der Waals surface area contributed by atoms with Crippen molar-refractivity contribution in [2.75, 3.05) is 5.32 Å². The van der Waals surface area contributed by atoms with Crippen LogP contribution in [0.1, 0.15) is 29.9 Å². The third-order valence-electron chi connectivity index (χ3n) is 3.85. The SMILES string of the molecule is CC(C)NC(=O)Cc1ccc(NC(=O)c2csc(-c3ccc(Cl)cc3)n2)cc1. The van der Waals surface area contributed by atoms with Crippen LogP contribution in [0.5, 0.6) is 0 Å². The average molecular weight is 414 g/mol. The number of nitrogens with zero attached hydrogens (tertiary/aromatic N) is 1. The zero-order chi connectivity index (χ0) is 20.1. The molecule has 0 aliphatic rings. The number of halogens is 1. The second-order valence-electron chi connectivity index (χ2n) is 6.59. The van der Waals surface area contributed by atoms with E-state index in [1.165, 1.54) is 11.3 Å². The molecule has 7 heteroatoms. The van der Waals surface area contributed by atoms with E-state index in [-0.39, 0.29) is 17.9 Å². The van der Waals surface area contributed by atoms with Crippen LogP contribution >= 0.6 is 22.9 Å². The number of nitrogens with one attached hydrogen (secondary N) is 2. The highest BCUT2D eigenvalue weighted by molar-refractivity contribution is 7.13. The number of anilines is 1. The molecule has 0 spiro atoms. The van der Waals surface area contributed by atoms with E-state index in [0.717, 1.165) is 16.1 Å². The van der Waals surface area contributed by atoms with E-state index in [1.807, 2.05) is 38.1 Å². The van der Waals surface area contributed by atoms with E-state index in [1.54, 1.807) is 29.6 Å². The van der Waals surface area contributed by atoms with E-state index < -0.39 is 0 Å². The Labute approximate surface area is 172 Å². The highest BCUT2D eigenvalue weighted by Gasteiger charge is 2.12. The second kappa shape index (κ2) is 8.99. The van der Waals surface area contributed by atoms with Gasteiger partial charge < -0.3 is 10.6 Å². The highest BCUT2D eigenvalue weighted by Crippen LogP contribution is 2.25. The number of thiazole rings is 1. The Bertz CT molecular complexity index is 966. The van der Waals surface area contributed by atoms with Crippen molar-refractivity contribution in [2.24, 2.45) is 0 Å². The molecule has 2 amide bonds. The third kappa shape index (κ3) is 5.41. The minimum atomic E-state index is -0.276. The monoisotopic (exact) mass is 413 g/mol. The first-order valence-corrected chi connectivity index (χ1v) is 10.1. The summed E-state index contributed by atoms with van der Waals surface area (Å²) in [5.74, 6) is -0.300. The number of amides is 2. The van der Waals surface area contributed by atoms with Gasteiger partial charge in [-0.3, -0.25) is 9.59 Å². The number of hydrogen-bond donors (Lipinski definition) is 2. The smallest absolute Gasteiger partial charge is 0.275 e. The largest absolute Gasteiger partial charge is 0.354 e. The molecule has 3 rings (SSSR count). The number of carbonyl (C=O) groups is 2. The number of aromatic nitrogens is 1. The molecule has 0 atom stereocenters. The van der Waals surface area contributed by atoms with Crippen LogP contribution in [0.4, 0.5) is 5.69 Å². The van der Waals surface area contributed by atoms with Gasteiger partial charge in [-0.15, -0.1) is 11.3 Å². The summed E-state index contributed by atoms with van der Waals surface area (Å²) in [4.78, 5) is 28.7. The van der Waals surface area contributed by atoms with Crippen molar-refractivity contribution < 1.29 is 9.59 Å². The van der Waals surface area contributed by atoms with E-state index in [9.17, 15) is 9.59 Å². The summed E-state index contributed by atoms with van der Waals surface area (Å²) >= 11 is 7.30. The molecule has 0 saturated heterocycles. The summed E-state index contributed by atoms with van der Waals surface area (Å²) in [6, 6.07) is 14.7. The minimum Gasteiger partial charge on any atom is -0.354 e. The summed E-state index contributed by atoms with van der Waals surface area (Å²) in [7, 11) is 0. The Morgan fingerprint density at radius 1 is 1.07 bits per heavy atom. The topological polar surface area (TPSA) is 71.1 Å². The fourth-order valence-electron chi connectivity index (χ4n) is 2.56. The lowest BCUT2D eigenvalue weighted by Crippen LogP contribution is -2.31. The van der Waals surface area contributed by atoms with E-state index >= 15 is 0 Å². The molecule has 5 nitrogen and oxygen atoms in total. The van der Waals surface area contributed by atoms with Crippen molar-refractivity contribution in [1.82, 2.24) is 10.3 Å². The van der Waals surface area contributed by atoms with Crippen LogP contribution in [0.2, 0.25) is 5.02 Å². The van der Waals surface area contributed by atoms with Crippen LogP contribution < -0.4 is 10.6 Å². The fraction of sp³-hybridized carbons (Fsp3) is 0.190. The standard InChI is InChI=1S/C21H20ClN3O2S/c1-13(2)23-19(26)11-14-3-9-17(10-4-14)24-20(27)18-12-28-21(25-18)15-5-7-16(22)8-6-15/h3-10,12-13H,11H2,1-2H3,(H,23,26)(H,24,27). The Morgan fingerprint density at radius 3 is 2.39 bits per heavy atom. The van der Waals surface area contributed by atoms with Crippen LogP contribution in [0.3, 0.4) is 0 Å². The molecule has 0 aliphatic heterocycles. The Balaban J connectivity index is 1.62. The van der Waals surface area contributed by atoms with Gasteiger partial charge >= 0.3 is 0 Å². The Morgan fingerprint density at radius 2 is 1.75 bits per heavy atom. The molecule has 144 valence electrons. The van der Waals surface area contributed by atoms with Crippen molar-refractivity contribution in [3.63, 3.8) is 0 Å². The molecule has 0 fully saturated rings. The molecule has 0 aliphatic carbocycles. The van der Waals surface area contributed by atoms with E-state index in [4.69, 9.17) is 11.6 Å². The van der Waals surface area contributed by atoms with Crippen molar-refractivity contribution >= 4 is 40.4 Å². The molecule has 2 N–H and O–H groups in total. The van der Waals surface area contributed by atoms with Gasteiger partial charge in [0.1, 0.15) is 10.7 Å². The maximum absolute atomic E-state index is 12.4. The molecule has 1 heterocycles. The lowest BCUT2D eigenvalue weighted by molar-refractivity contribution is -0.120. The number of benzene rings is 2. The summed E-state index contributed by atoms with van der Waals surface area (Å²) in [5, 5.41) is 8.82. The summed E-state index contributed by atoms with van der Waals surface area (Å²) < 4.78 is 0. The molecule has 3 aromatic rings. The normalized spacial score (nSPS) is 10.7. The van der Waals surface area contributed by atoms with Crippen LogP contribution in [-0.4, -0.2) is 22.8 Å². The van der Waals surface area contributed by atoms with Gasteiger partial charge in [-0.2, -0.15) is 0 Å². The molecule has 1 aromatic heterocycles. The lowest BCUT2D eigenvalue weighted by Gasteiger charge is -2.09. The first kappa shape index (κ1) is 20.0. The van der Waals surface area contributed by atoms with Crippen LogP contribution in [-0.2, 0) is 11.2 Å². The highest BCUT2D eigenvalue weighted by atomic mass is 35.5. The number of hydrogen-bond acceptors (Lipinski definition) is 4. The molecule has 28 heavy (non-hydrogen) atoms. The van der Waals surface area contributed by atoms with E-state index in [0.29, 0.717) is 22.8 Å². The van der Waals surface area contributed by atoms with Crippen molar-refractivity contribution in [1.29, 1.82) is 0 Å².